The van der Waals surface area contributed by atoms with E-state index in [0.29, 0.717) is 0 Å². The van der Waals surface area contributed by atoms with Crippen LogP contribution < -0.4 is 0 Å². The van der Waals surface area contributed by atoms with E-state index in [1.54, 1.807) is 0 Å². The van der Waals surface area contributed by atoms with E-state index in [1.807, 2.05) is 0 Å². The van der Waals surface area contributed by atoms with E-state index in [4.69, 9.17) is 8.85 Å². The second kappa shape index (κ2) is 11.5. The fourth-order valence-corrected chi connectivity index (χ4v) is 4.13. The Morgan fingerprint density at radius 3 is 2.35 bits per heavy atom. The van der Waals surface area contributed by atoms with E-state index in [1.165, 1.54) is 18.4 Å². The van der Waals surface area contributed by atoms with Gasteiger partial charge >= 0.3 is 9.28 Å². The molecule has 0 N–H and O–H groups in total. The molecule has 0 unspecified atom stereocenters. The molecule has 1 radical (unpaired) electrons. The molecule has 20 heavy (non-hydrogen) atoms. The molecule has 2 nitrogen and oxygen atoms in total. The van der Waals surface area contributed by atoms with Crippen molar-refractivity contribution >= 4 is 25.2 Å². The van der Waals surface area contributed by atoms with Crippen LogP contribution in [0.15, 0.2) is 28.7 Å². The predicted octanol–water partition coefficient (Wildman–Crippen LogP) is 5.11. The molecule has 0 saturated carbocycles. The molecule has 0 aliphatic heterocycles. The fraction of sp³-hybridized carbons (Fsp3) is 0.625. The summed E-state index contributed by atoms with van der Waals surface area (Å²) < 4.78 is 12.8. The van der Waals surface area contributed by atoms with Crippen LogP contribution in [0, 0.1) is 0 Å². The van der Waals surface area contributed by atoms with Crippen molar-refractivity contribution in [3.8, 4) is 0 Å². The molecule has 0 heterocycles. The molecule has 0 atom stereocenters. The van der Waals surface area contributed by atoms with Gasteiger partial charge in [-0.3, -0.25) is 0 Å². The molecule has 0 amide bonds. The Kier molecular flexibility index (Phi) is 10.3. The summed E-state index contributed by atoms with van der Waals surface area (Å²) in [5.74, 6) is 0. The first-order valence-corrected chi connectivity index (χ1v) is 9.93. The van der Waals surface area contributed by atoms with E-state index in [2.05, 4.69) is 54.0 Å². The molecule has 113 valence electrons. The average Bonchev–Trinajstić information content (AvgIpc) is 2.45. The molecular weight excluding hydrogens is 332 g/mol. The highest BCUT2D eigenvalue weighted by atomic mass is 79.9. The third kappa shape index (κ3) is 8.20. The van der Waals surface area contributed by atoms with Crippen molar-refractivity contribution in [1.82, 2.24) is 0 Å². The van der Waals surface area contributed by atoms with Crippen molar-refractivity contribution in [2.75, 3.05) is 13.2 Å². The normalized spacial score (nSPS) is 11.2. The van der Waals surface area contributed by atoms with Gasteiger partial charge in [-0.25, -0.2) is 0 Å². The topological polar surface area (TPSA) is 18.5 Å². The van der Waals surface area contributed by atoms with Crippen LogP contribution in [0.25, 0.3) is 0 Å². The lowest BCUT2D eigenvalue weighted by molar-refractivity contribution is 0.195. The molecule has 4 heteroatoms. The van der Waals surface area contributed by atoms with Gasteiger partial charge < -0.3 is 8.85 Å². The van der Waals surface area contributed by atoms with Crippen LogP contribution in [0.3, 0.4) is 0 Å². The minimum Gasteiger partial charge on any atom is -0.393 e. The molecule has 1 aromatic carbocycles. The minimum atomic E-state index is -1.04. The largest absolute Gasteiger partial charge is 0.393 e. The first kappa shape index (κ1) is 17.9. The van der Waals surface area contributed by atoms with Crippen molar-refractivity contribution in [1.29, 1.82) is 0 Å². The highest BCUT2D eigenvalue weighted by Crippen LogP contribution is 2.15. The van der Waals surface area contributed by atoms with Crippen LogP contribution in [0.2, 0.25) is 6.04 Å². The van der Waals surface area contributed by atoms with Crippen LogP contribution in [-0.4, -0.2) is 22.5 Å². The number of halogens is 1. The highest BCUT2D eigenvalue weighted by molar-refractivity contribution is 9.10. The second-order valence-electron chi connectivity index (χ2n) is 4.91. The monoisotopic (exact) mass is 357 g/mol. The van der Waals surface area contributed by atoms with Crippen molar-refractivity contribution < 1.29 is 8.85 Å². The maximum absolute atomic E-state index is 5.84. The van der Waals surface area contributed by atoms with Crippen LogP contribution in [0.4, 0.5) is 0 Å². The first-order chi connectivity index (χ1) is 9.76. The van der Waals surface area contributed by atoms with Crippen LogP contribution in [0.1, 0.15) is 45.1 Å². The molecule has 0 spiro atoms. The third-order valence-corrected chi connectivity index (χ3v) is 5.23. The Bertz CT molecular complexity index is 352. The Morgan fingerprint density at radius 2 is 1.75 bits per heavy atom. The van der Waals surface area contributed by atoms with Gasteiger partial charge in [-0.2, -0.15) is 0 Å². The van der Waals surface area contributed by atoms with E-state index in [-0.39, 0.29) is 0 Å². The maximum Gasteiger partial charge on any atom is 0.384 e. The lowest BCUT2D eigenvalue weighted by Gasteiger charge is -2.14. The Hall–Kier alpha value is -0.163. The van der Waals surface area contributed by atoms with Gasteiger partial charge in [0, 0.05) is 17.7 Å². The maximum atomic E-state index is 5.84. The minimum absolute atomic E-state index is 0.837. The van der Waals surface area contributed by atoms with Gasteiger partial charge in [-0.15, -0.1) is 0 Å². The molecule has 0 fully saturated rings. The van der Waals surface area contributed by atoms with Crippen LogP contribution >= 0.6 is 15.9 Å². The quantitative estimate of drug-likeness (QED) is 0.404. The van der Waals surface area contributed by atoms with Gasteiger partial charge in [-0.05, 0) is 49.4 Å². The van der Waals surface area contributed by atoms with Crippen molar-refractivity contribution in [3.05, 3.63) is 34.3 Å². The zero-order valence-electron chi connectivity index (χ0n) is 12.7. The summed E-state index contributed by atoms with van der Waals surface area (Å²) in [7, 11) is -1.04. The van der Waals surface area contributed by atoms with Gasteiger partial charge in [0.25, 0.3) is 0 Å². The summed E-state index contributed by atoms with van der Waals surface area (Å²) >= 11 is 3.52. The summed E-state index contributed by atoms with van der Waals surface area (Å²) in [4.78, 5) is 0. The van der Waals surface area contributed by atoms with Gasteiger partial charge in [0.05, 0.1) is 0 Å². The fourth-order valence-electron chi connectivity index (χ4n) is 1.91. The Balaban J connectivity index is 2.21. The smallest absolute Gasteiger partial charge is 0.384 e. The average molecular weight is 358 g/mol. The number of hydrogen-bond donors (Lipinski definition) is 0. The van der Waals surface area contributed by atoms with Gasteiger partial charge in [0.15, 0.2) is 0 Å². The van der Waals surface area contributed by atoms with Gasteiger partial charge in [0.1, 0.15) is 0 Å². The van der Waals surface area contributed by atoms with Crippen molar-refractivity contribution in [3.63, 3.8) is 0 Å². The second-order valence-corrected chi connectivity index (χ2v) is 7.64. The Morgan fingerprint density at radius 1 is 1.05 bits per heavy atom. The molecule has 0 aliphatic rings. The summed E-state index contributed by atoms with van der Waals surface area (Å²) in [6.45, 7) is 5.96. The van der Waals surface area contributed by atoms with E-state index >= 15 is 0 Å². The lowest BCUT2D eigenvalue weighted by Crippen LogP contribution is -2.23. The molecule has 0 aliphatic carbocycles. The summed E-state index contributed by atoms with van der Waals surface area (Å²) in [5, 5.41) is 0. The lowest BCUT2D eigenvalue weighted by atomic mass is 10.1. The molecule has 1 rings (SSSR count). The summed E-state index contributed by atoms with van der Waals surface area (Å²) in [6, 6.07) is 9.66. The standard InChI is InChI=1S/C16H26BrO2Si/c1-3-11-18-20(19-12-4-2)13-6-5-8-15-9-7-10-16(17)14-15/h7,9-10,14H,3-6,8,11-13H2,1-2H3. The van der Waals surface area contributed by atoms with Crippen molar-refractivity contribution in [2.24, 2.45) is 0 Å². The molecule has 0 bridgehead atoms. The summed E-state index contributed by atoms with van der Waals surface area (Å²) in [5.41, 5.74) is 1.40. The zero-order chi connectivity index (χ0) is 14.6. The highest BCUT2D eigenvalue weighted by Gasteiger charge is 2.14. The molecule has 1 aromatic rings. The number of rotatable bonds is 11. The number of aryl methyl sites for hydroxylation is 1. The van der Waals surface area contributed by atoms with E-state index in [0.717, 1.165) is 43.0 Å². The van der Waals surface area contributed by atoms with E-state index in [9.17, 15) is 0 Å². The first-order valence-electron chi connectivity index (χ1n) is 7.62. The van der Waals surface area contributed by atoms with Crippen LogP contribution in [-0.2, 0) is 15.3 Å². The summed E-state index contributed by atoms with van der Waals surface area (Å²) in [6.07, 6.45) is 5.67. The third-order valence-electron chi connectivity index (χ3n) is 2.92. The SMILES string of the molecule is CCCO[Si](CCCCc1cccc(Br)c1)OCCC. The number of unbranched alkanes of at least 4 members (excludes halogenated alkanes) is 1. The molecule has 0 saturated heterocycles. The zero-order valence-corrected chi connectivity index (χ0v) is 15.2. The molecular formula is C16H26BrO2Si. The van der Waals surface area contributed by atoms with Crippen molar-refractivity contribution in [2.45, 2.75) is 52.0 Å². The van der Waals surface area contributed by atoms with Gasteiger partial charge in [0.2, 0.25) is 0 Å². The van der Waals surface area contributed by atoms with Crippen LogP contribution in [0.5, 0.6) is 0 Å². The van der Waals surface area contributed by atoms with Gasteiger partial charge in [-0.1, -0.05) is 48.3 Å². The van der Waals surface area contributed by atoms with E-state index < -0.39 is 9.28 Å². The Labute approximate surface area is 133 Å². The number of benzene rings is 1. The molecule has 0 aromatic heterocycles. The number of hydrogen-bond acceptors (Lipinski definition) is 2. The predicted molar refractivity (Wildman–Crippen MR) is 90.1 cm³/mol.